The molecule has 0 aliphatic rings. The van der Waals surface area contributed by atoms with E-state index in [0.717, 1.165) is 9.26 Å². The molecule has 1 aromatic carbocycles. The zero-order valence-corrected chi connectivity index (χ0v) is 12.9. The van der Waals surface area contributed by atoms with Gasteiger partial charge in [0.1, 0.15) is 5.82 Å². The van der Waals surface area contributed by atoms with Gasteiger partial charge in [0.05, 0.1) is 24.9 Å². The van der Waals surface area contributed by atoms with Crippen molar-refractivity contribution in [1.29, 1.82) is 0 Å². The molecule has 0 unspecified atom stereocenters. The largest absolute Gasteiger partial charge is 0.469 e. The normalized spacial score (nSPS) is 10.3. The summed E-state index contributed by atoms with van der Waals surface area (Å²) in [6.45, 7) is 0. The van der Waals surface area contributed by atoms with Crippen LogP contribution in [-0.4, -0.2) is 18.1 Å². The molecule has 4 nitrogen and oxygen atoms in total. The van der Waals surface area contributed by atoms with Crippen LogP contribution in [0.4, 0.5) is 15.2 Å². The van der Waals surface area contributed by atoms with E-state index in [0.29, 0.717) is 10.8 Å². The molecular weight excluding hydrogens is 382 g/mol. The second kappa shape index (κ2) is 6.29. The third kappa shape index (κ3) is 3.87. The van der Waals surface area contributed by atoms with Gasteiger partial charge in [-0.05, 0) is 40.8 Å². The van der Waals surface area contributed by atoms with E-state index < -0.39 is 0 Å². The fourth-order valence-electron chi connectivity index (χ4n) is 1.37. The Kier molecular flexibility index (Phi) is 4.70. The maximum atomic E-state index is 13.0. The lowest BCUT2D eigenvalue weighted by Gasteiger charge is -2.05. The number of anilines is 2. The Hall–Kier alpha value is -1.22. The van der Waals surface area contributed by atoms with E-state index in [2.05, 4.69) is 15.0 Å². The number of aromatic nitrogens is 1. The number of hydrogen-bond donors (Lipinski definition) is 1. The average molecular weight is 392 g/mol. The molecule has 7 heteroatoms. The van der Waals surface area contributed by atoms with Crippen LogP contribution in [0, 0.1) is 9.39 Å². The number of benzene rings is 1. The molecule has 0 spiro atoms. The van der Waals surface area contributed by atoms with Gasteiger partial charge in [-0.2, -0.15) is 0 Å². The summed E-state index contributed by atoms with van der Waals surface area (Å²) in [6.07, 6.45) is 0.148. The quantitative estimate of drug-likeness (QED) is 0.641. The van der Waals surface area contributed by atoms with Crippen molar-refractivity contribution in [3.63, 3.8) is 0 Å². The summed E-state index contributed by atoms with van der Waals surface area (Å²) in [6, 6.07) is 4.47. The first kappa shape index (κ1) is 14.2. The van der Waals surface area contributed by atoms with E-state index in [1.165, 1.54) is 30.6 Å². The first-order valence-corrected chi connectivity index (χ1v) is 7.27. The van der Waals surface area contributed by atoms with Crippen molar-refractivity contribution in [3.8, 4) is 0 Å². The van der Waals surface area contributed by atoms with Crippen molar-refractivity contribution in [2.75, 3.05) is 12.4 Å². The molecule has 0 amide bonds. The standard InChI is InChI=1S/C12H10FIN2O2S/c1-18-11(17)5-8-6-19-12(15-8)16-10-3-2-7(13)4-9(10)14/h2-4,6H,5H2,1H3,(H,15,16). The molecule has 1 heterocycles. The molecule has 0 bridgehead atoms. The smallest absolute Gasteiger partial charge is 0.311 e. The van der Waals surface area contributed by atoms with Crippen LogP contribution in [0.25, 0.3) is 0 Å². The van der Waals surface area contributed by atoms with Gasteiger partial charge in [-0.1, -0.05) is 0 Å². The molecule has 1 N–H and O–H groups in total. The Morgan fingerprint density at radius 2 is 2.37 bits per heavy atom. The molecule has 0 atom stereocenters. The lowest BCUT2D eigenvalue weighted by molar-refractivity contribution is -0.139. The van der Waals surface area contributed by atoms with Gasteiger partial charge in [-0.15, -0.1) is 11.3 Å². The first-order valence-electron chi connectivity index (χ1n) is 5.32. The van der Waals surface area contributed by atoms with Crippen LogP contribution >= 0.6 is 33.9 Å². The number of hydrogen-bond acceptors (Lipinski definition) is 5. The van der Waals surface area contributed by atoms with E-state index in [-0.39, 0.29) is 18.2 Å². The van der Waals surface area contributed by atoms with Crippen LogP contribution < -0.4 is 5.32 Å². The number of halogens is 2. The summed E-state index contributed by atoms with van der Waals surface area (Å²) < 4.78 is 18.3. The molecule has 0 radical (unpaired) electrons. The molecule has 0 aliphatic heterocycles. The Labute approximate surface area is 127 Å². The Morgan fingerprint density at radius 3 is 3.05 bits per heavy atom. The predicted octanol–water partition coefficient (Wildman–Crippen LogP) is 3.35. The molecule has 19 heavy (non-hydrogen) atoms. The van der Waals surface area contributed by atoms with Crippen molar-refractivity contribution in [3.05, 3.63) is 38.7 Å². The van der Waals surface area contributed by atoms with Gasteiger partial charge in [0.15, 0.2) is 5.13 Å². The molecule has 0 fully saturated rings. The molecular formula is C12H10FIN2O2S. The lowest BCUT2D eigenvalue weighted by atomic mass is 10.3. The highest BCUT2D eigenvalue weighted by Crippen LogP contribution is 2.25. The van der Waals surface area contributed by atoms with Crippen LogP contribution in [0.2, 0.25) is 0 Å². The molecule has 0 saturated carbocycles. The Morgan fingerprint density at radius 1 is 1.58 bits per heavy atom. The molecule has 0 saturated heterocycles. The van der Waals surface area contributed by atoms with E-state index in [9.17, 15) is 9.18 Å². The van der Waals surface area contributed by atoms with Gasteiger partial charge in [0.2, 0.25) is 0 Å². The number of methoxy groups -OCH3 is 1. The van der Waals surface area contributed by atoms with Gasteiger partial charge in [-0.3, -0.25) is 4.79 Å². The number of carbonyl (C=O) groups excluding carboxylic acids is 1. The monoisotopic (exact) mass is 392 g/mol. The van der Waals surface area contributed by atoms with E-state index in [1.807, 2.05) is 22.6 Å². The Balaban J connectivity index is 2.09. The van der Waals surface area contributed by atoms with Crippen molar-refractivity contribution in [2.24, 2.45) is 0 Å². The molecule has 1 aromatic heterocycles. The third-order valence-electron chi connectivity index (χ3n) is 2.28. The molecule has 100 valence electrons. The van der Waals surface area contributed by atoms with Gasteiger partial charge < -0.3 is 10.1 Å². The van der Waals surface area contributed by atoms with Gasteiger partial charge >= 0.3 is 5.97 Å². The summed E-state index contributed by atoms with van der Waals surface area (Å²) in [5.41, 5.74) is 1.43. The second-order valence-corrected chi connectivity index (χ2v) is 5.67. The molecule has 0 aliphatic carbocycles. The highest BCUT2D eigenvalue weighted by Gasteiger charge is 2.09. The summed E-state index contributed by atoms with van der Waals surface area (Å²) in [5, 5.41) is 5.54. The maximum absolute atomic E-state index is 13.0. The highest BCUT2D eigenvalue weighted by molar-refractivity contribution is 14.1. The van der Waals surface area contributed by atoms with Crippen LogP contribution in [-0.2, 0) is 16.0 Å². The van der Waals surface area contributed by atoms with E-state index >= 15 is 0 Å². The van der Waals surface area contributed by atoms with Gasteiger partial charge in [-0.25, -0.2) is 9.37 Å². The number of rotatable bonds is 4. The number of thiazole rings is 1. The zero-order chi connectivity index (χ0) is 13.8. The van der Waals surface area contributed by atoms with Crippen LogP contribution in [0.5, 0.6) is 0 Å². The highest BCUT2D eigenvalue weighted by atomic mass is 127. The number of carbonyl (C=O) groups is 1. The lowest BCUT2D eigenvalue weighted by Crippen LogP contribution is -2.04. The van der Waals surface area contributed by atoms with Crippen LogP contribution in [0.1, 0.15) is 5.69 Å². The van der Waals surface area contributed by atoms with E-state index in [4.69, 9.17) is 0 Å². The minimum Gasteiger partial charge on any atom is -0.469 e. The van der Waals surface area contributed by atoms with E-state index in [1.54, 1.807) is 11.4 Å². The SMILES string of the molecule is COC(=O)Cc1csc(Nc2ccc(F)cc2I)n1. The van der Waals surface area contributed by atoms with Crippen molar-refractivity contribution in [1.82, 2.24) is 4.98 Å². The molecule has 2 rings (SSSR count). The summed E-state index contributed by atoms with van der Waals surface area (Å²) in [4.78, 5) is 15.4. The minimum absolute atomic E-state index is 0.148. The predicted molar refractivity (Wildman–Crippen MR) is 80.2 cm³/mol. The van der Waals surface area contributed by atoms with Gasteiger partial charge in [0, 0.05) is 8.95 Å². The summed E-state index contributed by atoms with van der Waals surface area (Å²) in [5.74, 6) is -0.603. The third-order valence-corrected chi connectivity index (χ3v) is 3.98. The average Bonchev–Trinajstić information content (AvgIpc) is 2.80. The van der Waals surface area contributed by atoms with Crippen LogP contribution in [0.15, 0.2) is 23.6 Å². The number of ether oxygens (including phenoxy) is 1. The second-order valence-electron chi connectivity index (χ2n) is 3.65. The fourth-order valence-corrected chi connectivity index (χ4v) is 2.71. The van der Waals surface area contributed by atoms with Crippen molar-refractivity contribution < 1.29 is 13.9 Å². The zero-order valence-electron chi connectivity index (χ0n) is 9.94. The summed E-state index contributed by atoms with van der Waals surface area (Å²) >= 11 is 3.43. The van der Waals surface area contributed by atoms with Crippen LogP contribution in [0.3, 0.4) is 0 Å². The number of esters is 1. The minimum atomic E-state index is -0.326. The first-order chi connectivity index (χ1) is 9.08. The topological polar surface area (TPSA) is 51.2 Å². The van der Waals surface area contributed by atoms with Crippen molar-refractivity contribution in [2.45, 2.75) is 6.42 Å². The summed E-state index contributed by atoms with van der Waals surface area (Å²) in [7, 11) is 1.34. The fraction of sp³-hybridized carbons (Fsp3) is 0.167. The van der Waals surface area contributed by atoms with Gasteiger partial charge in [0.25, 0.3) is 0 Å². The molecule has 2 aromatic rings. The van der Waals surface area contributed by atoms with Crippen molar-refractivity contribution >= 4 is 50.7 Å². The Bertz CT molecular complexity index is 603. The number of nitrogens with one attached hydrogen (secondary N) is 1. The number of nitrogens with zero attached hydrogens (tertiary/aromatic N) is 1. The maximum Gasteiger partial charge on any atom is 0.311 e.